The van der Waals surface area contributed by atoms with Crippen LogP contribution in [0.3, 0.4) is 0 Å². The molecule has 0 amide bonds. The van der Waals surface area contributed by atoms with E-state index in [4.69, 9.17) is 10.2 Å². The maximum atomic E-state index is 9.63. The van der Waals surface area contributed by atoms with Gasteiger partial charge in [-0.25, -0.2) is 0 Å². The summed E-state index contributed by atoms with van der Waals surface area (Å²) in [6.07, 6.45) is -4.88. The number of rotatable bonds is 3. The summed E-state index contributed by atoms with van der Waals surface area (Å²) in [5.74, 6) is -4.12. The smallest absolute Gasteiger partial charge is 0.547 e. The minimum Gasteiger partial charge on any atom is -0.547 e. The zero-order valence-corrected chi connectivity index (χ0v) is 15.8. The van der Waals surface area contributed by atoms with Crippen LogP contribution in [0.15, 0.2) is 0 Å². The van der Waals surface area contributed by atoms with Crippen molar-refractivity contribution >= 4 is 11.9 Å². The first-order valence-electron chi connectivity index (χ1n) is 2.24. The summed E-state index contributed by atoms with van der Waals surface area (Å²) in [4.78, 5) is 19.3. The molecule has 0 rings (SSSR count). The van der Waals surface area contributed by atoms with E-state index in [1.165, 1.54) is 0 Å². The van der Waals surface area contributed by atoms with Gasteiger partial charge < -0.3 is 73.8 Å². The third-order valence-corrected chi connectivity index (χ3v) is 0.782. The van der Waals surface area contributed by atoms with E-state index >= 15 is 0 Å². The molecule has 2 atom stereocenters. The van der Waals surface area contributed by atoms with Crippen molar-refractivity contribution in [3.8, 4) is 0 Å². The monoisotopic (exact) mass is 354 g/mol. The van der Waals surface area contributed by atoms with Gasteiger partial charge in [-0.1, -0.05) is 0 Å². The van der Waals surface area contributed by atoms with Gasteiger partial charge in [0.2, 0.25) is 0 Å². The number of hydrogen-bond donors (Lipinski definition) is 2. The maximum absolute atomic E-state index is 9.63. The Hall–Kier alpha value is 1.18. The van der Waals surface area contributed by atoms with Gasteiger partial charge in [-0.2, -0.15) is 0 Å². The Bertz CT molecular complexity index is 149. The van der Waals surface area contributed by atoms with Crippen molar-refractivity contribution in [3.63, 3.8) is 0 Å². The van der Waals surface area contributed by atoms with E-state index in [1.54, 1.807) is 0 Å². The van der Waals surface area contributed by atoms with Gasteiger partial charge >= 0.3 is 80.9 Å². The van der Waals surface area contributed by atoms with E-state index in [0.717, 1.165) is 0 Å². The molecular formula is C4H20KNaO14. The molecule has 0 spiro atoms. The van der Waals surface area contributed by atoms with Crippen molar-refractivity contribution in [2.24, 2.45) is 0 Å². The molecule has 16 heteroatoms. The molecule has 0 aromatic heterocycles. The second kappa shape index (κ2) is 42.7. The van der Waals surface area contributed by atoms with E-state index < -0.39 is 24.1 Å². The van der Waals surface area contributed by atoms with Gasteiger partial charge in [0.25, 0.3) is 0 Å². The van der Waals surface area contributed by atoms with E-state index in [2.05, 4.69) is 0 Å². The van der Waals surface area contributed by atoms with Crippen LogP contribution < -0.4 is 91.2 Å². The first-order chi connectivity index (χ1) is 4.46. The van der Waals surface area contributed by atoms with Crippen LogP contribution in [0.4, 0.5) is 0 Å². The Labute approximate surface area is 177 Å². The zero-order valence-electron chi connectivity index (χ0n) is 10.7. The van der Waals surface area contributed by atoms with Crippen LogP contribution in [-0.4, -0.2) is 78.2 Å². The number of carboxylic acids is 2. The Morgan fingerprint density at radius 1 is 0.650 bits per heavy atom. The minimum atomic E-state index is -2.44. The Morgan fingerprint density at radius 3 is 0.800 bits per heavy atom. The minimum absolute atomic E-state index is 0. The molecule has 20 heavy (non-hydrogen) atoms. The zero-order chi connectivity index (χ0) is 8.31. The molecule has 0 saturated carbocycles. The number of hydrogen-bond acceptors (Lipinski definition) is 6. The molecule has 122 valence electrons. The van der Waals surface area contributed by atoms with Gasteiger partial charge in [0.15, 0.2) is 0 Å². The first-order valence-corrected chi connectivity index (χ1v) is 2.24. The van der Waals surface area contributed by atoms with Gasteiger partial charge in [0.1, 0.15) is 12.2 Å². The summed E-state index contributed by atoms with van der Waals surface area (Å²) in [6, 6.07) is 0. The van der Waals surface area contributed by atoms with E-state index in [1.807, 2.05) is 0 Å². The van der Waals surface area contributed by atoms with Gasteiger partial charge in [-0.15, -0.1) is 0 Å². The second-order valence-electron chi connectivity index (χ2n) is 1.53. The van der Waals surface area contributed by atoms with Gasteiger partial charge in [-0.3, -0.25) is 0 Å². The number of carbonyl (C=O) groups excluding carboxylic acids is 2. The van der Waals surface area contributed by atoms with Crippen molar-refractivity contribution in [2.45, 2.75) is 12.2 Å². The first kappa shape index (κ1) is 83.2. The largest absolute Gasteiger partial charge is 1.00 e. The number of carbonyl (C=O) groups is 2. The number of aliphatic carboxylic acids is 2. The number of aliphatic hydroxyl groups excluding tert-OH is 2. The number of carboxylic acid groups (broad SMARTS) is 2. The molecule has 0 bridgehead atoms. The Balaban J connectivity index is -0.00000000900. The molecule has 0 aromatic rings. The molecule has 0 aromatic carbocycles. The molecule has 0 saturated heterocycles. The van der Waals surface area contributed by atoms with Gasteiger partial charge in [-0.05, 0) is 0 Å². The van der Waals surface area contributed by atoms with Crippen molar-refractivity contribution in [2.75, 3.05) is 0 Å². The predicted molar refractivity (Wildman–Crippen MR) is 50.9 cm³/mol. The molecule has 2 unspecified atom stereocenters. The molecule has 0 aliphatic carbocycles. The van der Waals surface area contributed by atoms with Crippen molar-refractivity contribution in [1.29, 1.82) is 0 Å². The van der Waals surface area contributed by atoms with Crippen molar-refractivity contribution < 1.29 is 155 Å². The van der Waals surface area contributed by atoms with Crippen LogP contribution in [0.2, 0.25) is 0 Å². The third kappa shape index (κ3) is 36.5. The Morgan fingerprint density at radius 2 is 0.750 bits per heavy atom. The summed E-state index contributed by atoms with van der Waals surface area (Å²) in [6.45, 7) is 0. The molecular weight excluding hydrogens is 334 g/mol. The van der Waals surface area contributed by atoms with Crippen molar-refractivity contribution in [1.82, 2.24) is 0 Å². The number of aliphatic hydroxyl groups is 2. The maximum Gasteiger partial charge on any atom is 1.00 e. The molecule has 0 radical (unpaired) electrons. The summed E-state index contributed by atoms with van der Waals surface area (Å²) in [5.41, 5.74) is 0. The fourth-order valence-electron chi connectivity index (χ4n) is 0.258. The van der Waals surface area contributed by atoms with E-state index in [-0.39, 0.29) is 125 Å². The van der Waals surface area contributed by atoms with Crippen molar-refractivity contribution in [3.05, 3.63) is 0 Å². The molecule has 0 aliphatic heterocycles. The van der Waals surface area contributed by atoms with E-state index in [9.17, 15) is 19.8 Å². The predicted octanol–water partition coefficient (Wildman–Crippen LogP) is -17.4. The fourth-order valence-corrected chi connectivity index (χ4v) is 0.258. The molecule has 0 fully saturated rings. The summed E-state index contributed by atoms with van der Waals surface area (Å²) in [7, 11) is 0. The SMILES string of the molecule is O.O.O.O.O.O.O.O.O=C([O-])C(O)C(O)C(=O)[O-].[K+].[Na+]. The average Bonchev–Trinajstić information content (AvgIpc) is 1.84. The van der Waals surface area contributed by atoms with Crippen LogP contribution in [0.25, 0.3) is 0 Å². The third-order valence-electron chi connectivity index (χ3n) is 0.782. The van der Waals surface area contributed by atoms with Crippen LogP contribution in [0, 0.1) is 0 Å². The standard InChI is InChI=1S/C4H6O6.K.Na.8H2O/c5-1(3(7)8)2(6)4(9)10;;;;;;;;;;/h1-2,5-6H,(H,7,8)(H,9,10);;;8*1H2/q;2*+1;;;;;;;;/p-2. The van der Waals surface area contributed by atoms with Crippen LogP contribution in [0.1, 0.15) is 0 Å². The Kier molecular flexibility index (Phi) is 178. The fraction of sp³-hybridized carbons (Fsp3) is 0.500. The average molecular weight is 354 g/mol. The summed E-state index contributed by atoms with van der Waals surface area (Å²) in [5, 5.41) is 35.7. The van der Waals surface area contributed by atoms with Crippen LogP contribution in [-0.2, 0) is 9.59 Å². The normalized spacial score (nSPS) is 7.90. The molecule has 0 heterocycles. The van der Waals surface area contributed by atoms with Gasteiger partial charge in [0, 0.05) is 0 Å². The summed E-state index contributed by atoms with van der Waals surface area (Å²) >= 11 is 0. The topological polar surface area (TPSA) is 373 Å². The van der Waals surface area contributed by atoms with Crippen LogP contribution >= 0.6 is 0 Å². The molecule has 14 nitrogen and oxygen atoms in total. The summed E-state index contributed by atoms with van der Waals surface area (Å²) < 4.78 is 0. The van der Waals surface area contributed by atoms with Gasteiger partial charge in [0.05, 0.1) is 11.9 Å². The van der Waals surface area contributed by atoms with E-state index in [0.29, 0.717) is 0 Å². The second-order valence-corrected chi connectivity index (χ2v) is 1.53. The quantitative estimate of drug-likeness (QED) is 0.462. The molecule has 0 aliphatic rings. The molecule has 18 N–H and O–H groups in total. The van der Waals surface area contributed by atoms with Crippen LogP contribution in [0.5, 0.6) is 0 Å².